The van der Waals surface area contributed by atoms with Gasteiger partial charge in [-0.15, -0.1) is 0 Å². The SMILES string of the molecule is C[N+](C)(CCCNC1=CC(=O)C(NCCC[N+](C)(C)Cc2ccccc2)=CC1=O)Cc1ccccc1. The van der Waals surface area contributed by atoms with Gasteiger partial charge in [0, 0.05) is 49.2 Å². The molecular formula is C30H42N4O2+2. The van der Waals surface area contributed by atoms with E-state index in [1.165, 1.54) is 23.3 Å². The molecule has 0 spiro atoms. The average molecular weight is 491 g/mol. The van der Waals surface area contributed by atoms with Crippen molar-refractivity contribution in [1.29, 1.82) is 0 Å². The monoisotopic (exact) mass is 490 g/mol. The Balaban J connectivity index is 1.37. The van der Waals surface area contributed by atoms with Crippen LogP contribution in [0.3, 0.4) is 0 Å². The van der Waals surface area contributed by atoms with Crippen LogP contribution in [0, 0.1) is 0 Å². The molecule has 0 radical (unpaired) electrons. The zero-order valence-corrected chi connectivity index (χ0v) is 22.3. The number of carbonyl (C=O) groups is 2. The second kappa shape index (κ2) is 12.7. The topological polar surface area (TPSA) is 58.2 Å². The summed E-state index contributed by atoms with van der Waals surface area (Å²) in [6, 6.07) is 20.9. The third kappa shape index (κ3) is 9.10. The Kier molecular flexibility index (Phi) is 9.62. The fourth-order valence-corrected chi connectivity index (χ4v) is 4.61. The second-order valence-electron chi connectivity index (χ2n) is 11.0. The van der Waals surface area contributed by atoms with E-state index in [4.69, 9.17) is 0 Å². The molecule has 6 nitrogen and oxygen atoms in total. The lowest BCUT2D eigenvalue weighted by molar-refractivity contribution is -0.903. The maximum atomic E-state index is 12.6. The molecule has 36 heavy (non-hydrogen) atoms. The van der Waals surface area contributed by atoms with Crippen molar-refractivity contribution in [3.05, 3.63) is 95.3 Å². The van der Waals surface area contributed by atoms with Gasteiger partial charge in [-0.3, -0.25) is 9.59 Å². The zero-order chi connectivity index (χ0) is 26.0. The molecular weight excluding hydrogens is 448 g/mol. The minimum atomic E-state index is -0.143. The van der Waals surface area contributed by atoms with Crippen molar-refractivity contribution in [2.24, 2.45) is 0 Å². The first kappa shape index (κ1) is 27.4. The highest BCUT2D eigenvalue weighted by Crippen LogP contribution is 2.12. The Morgan fingerprint density at radius 3 is 1.31 bits per heavy atom. The molecule has 0 unspecified atom stereocenters. The summed E-state index contributed by atoms with van der Waals surface area (Å²) in [7, 11) is 8.85. The van der Waals surface area contributed by atoms with Gasteiger partial charge >= 0.3 is 0 Å². The normalized spacial score (nSPS) is 14.3. The molecule has 2 aromatic carbocycles. The van der Waals surface area contributed by atoms with E-state index in [2.05, 4.69) is 87.4 Å². The molecule has 2 aromatic rings. The number of carbonyl (C=O) groups excluding carboxylic acids is 2. The van der Waals surface area contributed by atoms with Crippen molar-refractivity contribution in [3.63, 3.8) is 0 Å². The Bertz CT molecular complexity index is 985. The van der Waals surface area contributed by atoms with Gasteiger partial charge in [0.25, 0.3) is 0 Å². The average Bonchev–Trinajstić information content (AvgIpc) is 2.82. The standard InChI is InChI=1S/C30H40N4O2/c1-33(2,23-25-13-7-5-8-14-25)19-11-17-31-27-21-30(36)28(22-29(27)35)32-18-12-20-34(3,4)24-26-15-9-6-10-16-26/h5-10,13-16,21-22H,11-12,17-20,23-24H2,1-4H3/p+2. The van der Waals surface area contributed by atoms with Crippen LogP contribution in [0.15, 0.2) is 84.2 Å². The van der Waals surface area contributed by atoms with Crippen LogP contribution in [0.4, 0.5) is 0 Å². The van der Waals surface area contributed by atoms with Crippen molar-refractivity contribution in [3.8, 4) is 0 Å². The fraction of sp³-hybridized carbons (Fsp3) is 0.400. The summed E-state index contributed by atoms with van der Waals surface area (Å²) in [5, 5.41) is 6.35. The zero-order valence-electron chi connectivity index (χ0n) is 22.3. The van der Waals surface area contributed by atoms with Crippen LogP contribution in [0.2, 0.25) is 0 Å². The van der Waals surface area contributed by atoms with Crippen LogP contribution in [-0.2, 0) is 22.7 Å². The fourth-order valence-electron chi connectivity index (χ4n) is 4.61. The number of ketones is 2. The van der Waals surface area contributed by atoms with Gasteiger partial charge in [-0.05, 0) is 0 Å². The summed E-state index contributed by atoms with van der Waals surface area (Å²) in [5.74, 6) is -0.286. The van der Waals surface area contributed by atoms with Crippen molar-refractivity contribution >= 4 is 11.6 Å². The Morgan fingerprint density at radius 2 is 0.944 bits per heavy atom. The van der Waals surface area contributed by atoms with E-state index in [0.717, 1.165) is 48.0 Å². The Labute approximate surface area is 216 Å². The molecule has 0 bridgehead atoms. The van der Waals surface area contributed by atoms with Crippen molar-refractivity contribution in [2.75, 3.05) is 54.4 Å². The molecule has 0 saturated heterocycles. The first-order valence-electron chi connectivity index (χ1n) is 12.9. The molecule has 192 valence electrons. The van der Waals surface area contributed by atoms with Gasteiger partial charge < -0.3 is 19.6 Å². The summed E-state index contributed by atoms with van der Waals surface area (Å²) in [4.78, 5) is 25.1. The summed E-state index contributed by atoms with van der Waals surface area (Å²) < 4.78 is 1.74. The number of hydrogen-bond donors (Lipinski definition) is 2. The quantitative estimate of drug-likeness (QED) is 0.242. The van der Waals surface area contributed by atoms with E-state index >= 15 is 0 Å². The van der Waals surface area contributed by atoms with Gasteiger partial charge in [0.2, 0.25) is 11.6 Å². The molecule has 1 aliphatic rings. The van der Waals surface area contributed by atoms with Crippen LogP contribution in [0.25, 0.3) is 0 Å². The predicted molar refractivity (Wildman–Crippen MR) is 146 cm³/mol. The van der Waals surface area contributed by atoms with Crippen LogP contribution in [0.5, 0.6) is 0 Å². The third-order valence-electron chi connectivity index (χ3n) is 6.50. The Hall–Kier alpha value is -3.22. The van der Waals surface area contributed by atoms with Crippen LogP contribution in [0.1, 0.15) is 24.0 Å². The van der Waals surface area contributed by atoms with Crippen LogP contribution >= 0.6 is 0 Å². The number of nitrogens with one attached hydrogen (secondary N) is 2. The minimum absolute atomic E-state index is 0.143. The van der Waals surface area contributed by atoms with E-state index < -0.39 is 0 Å². The number of hydrogen-bond acceptors (Lipinski definition) is 4. The number of rotatable bonds is 14. The maximum Gasteiger partial charge on any atom is 0.203 e. The molecule has 0 atom stereocenters. The van der Waals surface area contributed by atoms with Gasteiger partial charge in [0.15, 0.2) is 0 Å². The van der Waals surface area contributed by atoms with Gasteiger partial charge in [-0.25, -0.2) is 0 Å². The van der Waals surface area contributed by atoms with E-state index in [1.54, 1.807) is 0 Å². The van der Waals surface area contributed by atoms with E-state index in [0.29, 0.717) is 24.5 Å². The summed E-state index contributed by atoms with van der Waals surface area (Å²) in [6.45, 7) is 5.18. The van der Waals surface area contributed by atoms with Gasteiger partial charge in [-0.2, -0.15) is 0 Å². The maximum absolute atomic E-state index is 12.6. The molecule has 3 rings (SSSR count). The number of allylic oxidation sites excluding steroid dienone is 2. The van der Waals surface area contributed by atoms with Crippen molar-refractivity contribution < 1.29 is 18.6 Å². The highest BCUT2D eigenvalue weighted by atomic mass is 16.1. The van der Waals surface area contributed by atoms with Gasteiger partial charge in [-0.1, -0.05) is 60.7 Å². The van der Waals surface area contributed by atoms with Gasteiger partial charge in [0.05, 0.1) is 52.7 Å². The minimum Gasteiger partial charge on any atom is -0.382 e. The molecule has 6 heteroatoms. The summed E-state index contributed by atoms with van der Waals surface area (Å²) in [5.41, 5.74) is 3.41. The molecule has 0 fully saturated rings. The summed E-state index contributed by atoms with van der Waals surface area (Å²) >= 11 is 0. The molecule has 2 N–H and O–H groups in total. The lowest BCUT2D eigenvalue weighted by Gasteiger charge is -2.30. The van der Waals surface area contributed by atoms with Crippen molar-refractivity contribution in [2.45, 2.75) is 25.9 Å². The first-order valence-corrected chi connectivity index (χ1v) is 12.9. The molecule has 1 aliphatic carbocycles. The lowest BCUT2D eigenvalue weighted by atomic mass is 10.1. The molecule has 0 saturated carbocycles. The predicted octanol–water partition coefficient (Wildman–Crippen LogP) is 3.42. The number of nitrogens with zero attached hydrogens (tertiary/aromatic N) is 2. The smallest absolute Gasteiger partial charge is 0.203 e. The van der Waals surface area contributed by atoms with Crippen molar-refractivity contribution in [1.82, 2.24) is 10.6 Å². The highest BCUT2D eigenvalue weighted by molar-refractivity contribution is 6.19. The van der Waals surface area contributed by atoms with Crippen LogP contribution in [-0.4, -0.2) is 74.9 Å². The van der Waals surface area contributed by atoms with Gasteiger partial charge in [0.1, 0.15) is 13.1 Å². The van der Waals surface area contributed by atoms with E-state index in [1.807, 2.05) is 12.1 Å². The molecule has 0 aromatic heterocycles. The molecule has 0 aliphatic heterocycles. The summed E-state index contributed by atoms with van der Waals surface area (Å²) in [6.07, 6.45) is 4.68. The highest BCUT2D eigenvalue weighted by Gasteiger charge is 2.21. The molecule has 0 amide bonds. The Morgan fingerprint density at radius 1 is 0.583 bits per heavy atom. The third-order valence-corrected chi connectivity index (χ3v) is 6.50. The molecule has 0 heterocycles. The van der Waals surface area contributed by atoms with Crippen LogP contribution < -0.4 is 10.6 Å². The number of quaternary nitrogens is 2. The lowest BCUT2D eigenvalue weighted by Crippen LogP contribution is -2.41. The second-order valence-corrected chi connectivity index (χ2v) is 11.0. The first-order chi connectivity index (χ1) is 17.1. The van der Waals surface area contributed by atoms with E-state index in [-0.39, 0.29) is 11.6 Å². The van der Waals surface area contributed by atoms with E-state index in [9.17, 15) is 9.59 Å². The number of benzene rings is 2. The largest absolute Gasteiger partial charge is 0.382 e.